The Hall–Kier alpha value is -0.170. The summed E-state index contributed by atoms with van der Waals surface area (Å²) in [5.74, 6) is -0.0225. The number of rotatable bonds is 8. The number of nitrogens with one attached hydrogen (secondary N) is 1. The van der Waals surface area contributed by atoms with Crippen LogP contribution in [-0.4, -0.2) is 45.1 Å². The Morgan fingerprint density at radius 3 is 2.47 bits per heavy atom. The maximum atomic E-state index is 11.3. The summed E-state index contributed by atoms with van der Waals surface area (Å²) in [5, 5.41) is 9.40. The second kappa shape index (κ2) is 7.16. The van der Waals surface area contributed by atoms with Crippen molar-refractivity contribution < 1.29 is 18.3 Å². The first-order valence-electron chi connectivity index (χ1n) is 5.12. The third kappa shape index (κ3) is 7.72. The van der Waals surface area contributed by atoms with Crippen LogP contribution in [-0.2, 0) is 14.8 Å². The van der Waals surface area contributed by atoms with Crippen LogP contribution in [0.3, 0.4) is 0 Å². The molecule has 0 fully saturated rings. The predicted molar refractivity (Wildman–Crippen MR) is 59.1 cm³/mol. The lowest BCUT2D eigenvalue weighted by Crippen LogP contribution is -2.36. The number of sulfonamides is 1. The van der Waals surface area contributed by atoms with E-state index in [0.29, 0.717) is 6.61 Å². The monoisotopic (exact) mass is 239 g/mol. The molecule has 0 saturated carbocycles. The average Bonchev–Trinajstić information content (AvgIpc) is 2.14. The summed E-state index contributed by atoms with van der Waals surface area (Å²) >= 11 is 0. The van der Waals surface area contributed by atoms with Crippen molar-refractivity contribution in [1.29, 1.82) is 0 Å². The van der Waals surface area contributed by atoms with E-state index in [1.54, 1.807) is 0 Å². The summed E-state index contributed by atoms with van der Waals surface area (Å²) in [5.41, 5.74) is 0. The van der Waals surface area contributed by atoms with Gasteiger partial charge in [-0.05, 0) is 12.8 Å². The molecule has 0 amide bonds. The molecule has 5 nitrogen and oxygen atoms in total. The van der Waals surface area contributed by atoms with Crippen molar-refractivity contribution in [2.45, 2.75) is 26.9 Å². The van der Waals surface area contributed by atoms with Crippen molar-refractivity contribution in [2.24, 2.45) is 5.92 Å². The van der Waals surface area contributed by atoms with Gasteiger partial charge in [0.2, 0.25) is 10.0 Å². The molecule has 0 spiro atoms. The molecule has 0 aliphatic heterocycles. The number of hydrogen-bond donors (Lipinski definition) is 2. The zero-order chi connectivity index (χ0) is 11.9. The molecule has 1 unspecified atom stereocenters. The van der Waals surface area contributed by atoms with Crippen LogP contribution >= 0.6 is 0 Å². The Balaban J connectivity index is 3.84. The van der Waals surface area contributed by atoms with Gasteiger partial charge in [0.1, 0.15) is 0 Å². The van der Waals surface area contributed by atoms with Gasteiger partial charge in [0.25, 0.3) is 0 Å². The predicted octanol–water partition coefficient (Wildman–Crippen LogP) is -0.0408. The van der Waals surface area contributed by atoms with E-state index in [9.17, 15) is 13.5 Å². The molecule has 0 rings (SSSR count). The largest absolute Gasteiger partial charge is 0.391 e. The van der Waals surface area contributed by atoms with E-state index in [4.69, 9.17) is 4.74 Å². The van der Waals surface area contributed by atoms with E-state index in [-0.39, 0.29) is 24.8 Å². The molecule has 92 valence electrons. The van der Waals surface area contributed by atoms with E-state index in [0.717, 1.165) is 0 Å². The van der Waals surface area contributed by atoms with Gasteiger partial charge in [-0.15, -0.1) is 0 Å². The molecule has 0 heterocycles. The summed E-state index contributed by atoms with van der Waals surface area (Å²) in [6, 6.07) is 0. The molecule has 2 N–H and O–H groups in total. The quantitative estimate of drug-likeness (QED) is 0.583. The highest BCUT2D eigenvalue weighted by atomic mass is 32.2. The molecule has 0 radical (unpaired) electrons. The summed E-state index contributed by atoms with van der Waals surface area (Å²) in [6.07, 6.45) is -0.646. The van der Waals surface area contributed by atoms with Crippen LogP contribution < -0.4 is 4.72 Å². The third-order valence-corrected chi connectivity index (χ3v) is 3.29. The Kier molecular flexibility index (Phi) is 7.08. The standard InChI is InChI=1S/C9H21NO4S/c1-4-14-5-6-15(12,13)10-7-9(11)8(2)3/h8-11H,4-7H2,1-3H3. The van der Waals surface area contributed by atoms with Gasteiger partial charge in [0.15, 0.2) is 0 Å². The van der Waals surface area contributed by atoms with Crippen molar-refractivity contribution in [3.8, 4) is 0 Å². The minimum atomic E-state index is -3.32. The van der Waals surface area contributed by atoms with Crippen molar-refractivity contribution in [3.63, 3.8) is 0 Å². The summed E-state index contributed by atoms with van der Waals surface area (Å²) in [4.78, 5) is 0. The highest BCUT2D eigenvalue weighted by Crippen LogP contribution is 1.99. The molecular formula is C9H21NO4S. The van der Waals surface area contributed by atoms with Gasteiger partial charge in [-0.2, -0.15) is 0 Å². The van der Waals surface area contributed by atoms with E-state index in [1.807, 2.05) is 20.8 Å². The lowest BCUT2D eigenvalue weighted by atomic mass is 10.1. The zero-order valence-electron chi connectivity index (χ0n) is 9.56. The Bertz CT molecular complexity index is 251. The number of ether oxygens (including phenoxy) is 1. The molecule has 0 aromatic rings. The third-order valence-electron chi connectivity index (χ3n) is 1.98. The van der Waals surface area contributed by atoms with Crippen molar-refractivity contribution >= 4 is 10.0 Å². The minimum Gasteiger partial charge on any atom is -0.391 e. The van der Waals surface area contributed by atoms with Crippen LogP contribution in [0.25, 0.3) is 0 Å². The highest BCUT2D eigenvalue weighted by Gasteiger charge is 2.14. The van der Waals surface area contributed by atoms with Crippen LogP contribution in [0.15, 0.2) is 0 Å². The molecule has 0 aromatic heterocycles. The first-order chi connectivity index (χ1) is 6.89. The van der Waals surface area contributed by atoms with Crippen molar-refractivity contribution in [3.05, 3.63) is 0 Å². The minimum absolute atomic E-state index is 0.0413. The fourth-order valence-corrected chi connectivity index (χ4v) is 1.74. The molecule has 0 aromatic carbocycles. The molecule has 0 aliphatic carbocycles. The Morgan fingerprint density at radius 2 is 2.00 bits per heavy atom. The fourth-order valence-electron chi connectivity index (χ4n) is 0.833. The van der Waals surface area contributed by atoms with Crippen molar-refractivity contribution in [1.82, 2.24) is 4.72 Å². The van der Waals surface area contributed by atoms with Gasteiger partial charge >= 0.3 is 0 Å². The van der Waals surface area contributed by atoms with Gasteiger partial charge in [-0.3, -0.25) is 0 Å². The number of aliphatic hydroxyl groups is 1. The second-order valence-corrected chi connectivity index (χ2v) is 5.60. The molecule has 0 aliphatic rings. The zero-order valence-corrected chi connectivity index (χ0v) is 10.4. The Morgan fingerprint density at radius 1 is 1.40 bits per heavy atom. The molecule has 6 heteroatoms. The number of hydrogen-bond acceptors (Lipinski definition) is 4. The first kappa shape index (κ1) is 14.8. The van der Waals surface area contributed by atoms with E-state index in [1.165, 1.54) is 0 Å². The Labute approximate surface area is 91.9 Å². The summed E-state index contributed by atoms with van der Waals surface area (Å²) in [7, 11) is -3.32. The molecule has 0 bridgehead atoms. The van der Waals surface area contributed by atoms with Gasteiger partial charge in [0.05, 0.1) is 18.5 Å². The van der Waals surface area contributed by atoms with E-state index >= 15 is 0 Å². The maximum absolute atomic E-state index is 11.3. The van der Waals surface area contributed by atoms with Crippen LogP contribution in [0.4, 0.5) is 0 Å². The van der Waals surface area contributed by atoms with Gasteiger partial charge in [0, 0.05) is 13.2 Å². The van der Waals surface area contributed by atoms with Crippen LogP contribution in [0.1, 0.15) is 20.8 Å². The van der Waals surface area contributed by atoms with Crippen LogP contribution in [0.5, 0.6) is 0 Å². The molecule has 15 heavy (non-hydrogen) atoms. The smallest absolute Gasteiger partial charge is 0.213 e. The van der Waals surface area contributed by atoms with Crippen LogP contribution in [0, 0.1) is 5.92 Å². The second-order valence-electron chi connectivity index (χ2n) is 3.68. The maximum Gasteiger partial charge on any atom is 0.213 e. The highest BCUT2D eigenvalue weighted by molar-refractivity contribution is 7.89. The summed E-state index contributed by atoms with van der Waals surface area (Å²) in [6.45, 7) is 6.22. The van der Waals surface area contributed by atoms with Gasteiger partial charge < -0.3 is 9.84 Å². The topological polar surface area (TPSA) is 75.6 Å². The normalized spacial score (nSPS) is 14.5. The van der Waals surface area contributed by atoms with Gasteiger partial charge in [-0.1, -0.05) is 13.8 Å². The number of aliphatic hydroxyl groups excluding tert-OH is 1. The molecular weight excluding hydrogens is 218 g/mol. The lowest BCUT2D eigenvalue weighted by molar-refractivity contribution is 0.129. The van der Waals surface area contributed by atoms with Crippen molar-refractivity contribution in [2.75, 3.05) is 25.5 Å². The first-order valence-corrected chi connectivity index (χ1v) is 6.77. The average molecular weight is 239 g/mol. The summed E-state index contributed by atoms with van der Waals surface area (Å²) < 4.78 is 29.9. The molecule has 0 saturated heterocycles. The van der Waals surface area contributed by atoms with E-state index < -0.39 is 16.1 Å². The van der Waals surface area contributed by atoms with E-state index in [2.05, 4.69) is 4.72 Å². The fraction of sp³-hybridized carbons (Fsp3) is 1.00. The van der Waals surface area contributed by atoms with Crippen LogP contribution in [0.2, 0.25) is 0 Å². The molecule has 1 atom stereocenters. The lowest BCUT2D eigenvalue weighted by Gasteiger charge is -2.15. The van der Waals surface area contributed by atoms with Gasteiger partial charge in [-0.25, -0.2) is 13.1 Å². The SMILES string of the molecule is CCOCCS(=O)(=O)NCC(O)C(C)C.